The summed E-state index contributed by atoms with van der Waals surface area (Å²) in [5, 5.41) is 16.9. The first kappa shape index (κ1) is 19.8. The van der Waals surface area contributed by atoms with Gasteiger partial charge < -0.3 is 5.32 Å². The van der Waals surface area contributed by atoms with Gasteiger partial charge in [-0.05, 0) is 53.9 Å². The maximum absolute atomic E-state index is 4.77. The van der Waals surface area contributed by atoms with E-state index < -0.39 is 0 Å². The third-order valence-corrected chi connectivity index (χ3v) is 5.65. The van der Waals surface area contributed by atoms with Crippen molar-refractivity contribution in [2.75, 3.05) is 5.32 Å². The van der Waals surface area contributed by atoms with Gasteiger partial charge in [0, 0.05) is 35.3 Å². The molecule has 5 nitrogen and oxygen atoms in total. The van der Waals surface area contributed by atoms with Crippen LogP contribution in [0.3, 0.4) is 0 Å². The number of aryl methyl sites for hydroxylation is 1. The van der Waals surface area contributed by atoms with E-state index >= 15 is 0 Å². The molecule has 0 fully saturated rings. The van der Waals surface area contributed by atoms with Crippen molar-refractivity contribution in [3.63, 3.8) is 0 Å². The van der Waals surface area contributed by atoms with Crippen LogP contribution in [-0.4, -0.2) is 21.0 Å². The molecule has 156 valence electrons. The monoisotopic (exact) mass is 417 g/mol. The smallest absolute Gasteiger partial charge is 0.184 e. The molecule has 2 heterocycles. The van der Waals surface area contributed by atoms with Crippen molar-refractivity contribution in [2.45, 2.75) is 20.3 Å². The predicted octanol–water partition coefficient (Wildman–Crippen LogP) is 6.24. The first-order valence-electron chi connectivity index (χ1n) is 10.6. The summed E-state index contributed by atoms with van der Waals surface area (Å²) in [6, 6.07) is 24.8. The molecule has 0 saturated carbocycles. The first-order valence-corrected chi connectivity index (χ1v) is 10.6. The summed E-state index contributed by atoms with van der Waals surface area (Å²) in [6.07, 6.45) is 4.30. The zero-order chi connectivity index (χ0) is 21.9. The highest BCUT2D eigenvalue weighted by molar-refractivity contribution is 6.01. The number of amidine groups is 1. The van der Waals surface area contributed by atoms with Crippen molar-refractivity contribution in [1.29, 1.82) is 0 Å². The van der Waals surface area contributed by atoms with Crippen LogP contribution in [0.25, 0.3) is 21.5 Å². The summed E-state index contributed by atoms with van der Waals surface area (Å²) >= 11 is 0. The first-order chi connectivity index (χ1) is 15.7. The molecule has 5 aromatic rings. The predicted molar refractivity (Wildman–Crippen MR) is 132 cm³/mol. The van der Waals surface area contributed by atoms with Crippen LogP contribution in [0.15, 0.2) is 90.2 Å². The van der Waals surface area contributed by atoms with Crippen molar-refractivity contribution in [3.8, 4) is 0 Å². The fourth-order valence-electron chi connectivity index (χ4n) is 4.00. The molecular weight excluding hydrogens is 394 g/mol. The largest absolute Gasteiger partial charge is 0.344 e. The third kappa shape index (κ3) is 3.93. The number of rotatable bonds is 4. The number of fused-ring (bicyclic) bond motifs is 2. The molecule has 0 radical (unpaired) electrons. The summed E-state index contributed by atoms with van der Waals surface area (Å²) < 4.78 is 0. The highest BCUT2D eigenvalue weighted by Gasteiger charge is 2.10. The van der Waals surface area contributed by atoms with E-state index in [1.807, 2.05) is 37.3 Å². The van der Waals surface area contributed by atoms with Crippen LogP contribution < -0.4 is 5.32 Å². The molecule has 1 N–H and O–H groups in total. The molecule has 3 aromatic carbocycles. The Hall–Kier alpha value is -4.12. The van der Waals surface area contributed by atoms with E-state index in [2.05, 4.69) is 69.9 Å². The van der Waals surface area contributed by atoms with Crippen molar-refractivity contribution in [2.24, 2.45) is 4.99 Å². The second-order valence-corrected chi connectivity index (χ2v) is 7.83. The standard InChI is InChI=1S/C27H23N5/c1-18-22-8-4-3-7-21(22)11-12-25(18)29-19(2)30-27-24-10-6-5-9-23(24)26(31-32-27)17-20-13-15-28-16-14-20/h3-16H,17H2,1-2H3,(H,29,30,32). The number of hydrogen-bond donors (Lipinski definition) is 1. The van der Waals surface area contributed by atoms with Crippen LogP contribution in [0.1, 0.15) is 23.7 Å². The molecule has 0 aliphatic heterocycles. The molecule has 5 rings (SSSR count). The van der Waals surface area contributed by atoms with Gasteiger partial charge >= 0.3 is 0 Å². The summed E-state index contributed by atoms with van der Waals surface area (Å²) in [4.78, 5) is 8.87. The Morgan fingerprint density at radius 2 is 1.53 bits per heavy atom. The third-order valence-electron chi connectivity index (χ3n) is 5.65. The Labute approximate surface area is 186 Å². The van der Waals surface area contributed by atoms with Gasteiger partial charge in [-0.2, -0.15) is 5.10 Å². The Morgan fingerprint density at radius 3 is 2.34 bits per heavy atom. The fraction of sp³-hybridized carbons (Fsp3) is 0.111. The van der Waals surface area contributed by atoms with E-state index in [0.717, 1.165) is 33.6 Å². The molecule has 0 unspecified atom stereocenters. The highest BCUT2D eigenvalue weighted by atomic mass is 15.2. The van der Waals surface area contributed by atoms with Gasteiger partial charge in [-0.15, -0.1) is 5.10 Å². The van der Waals surface area contributed by atoms with Crippen molar-refractivity contribution < 1.29 is 0 Å². The fourth-order valence-corrected chi connectivity index (χ4v) is 4.00. The lowest BCUT2D eigenvalue weighted by molar-refractivity contribution is 0.954. The van der Waals surface area contributed by atoms with Gasteiger partial charge in [-0.25, -0.2) is 4.99 Å². The summed E-state index contributed by atoms with van der Waals surface area (Å²) in [5.74, 6) is 1.38. The Kier molecular flexibility index (Phi) is 5.30. The number of benzene rings is 3. The van der Waals surface area contributed by atoms with E-state index in [9.17, 15) is 0 Å². The maximum Gasteiger partial charge on any atom is 0.184 e. The summed E-state index contributed by atoms with van der Waals surface area (Å²) in [6.45, 7) is 4.08. The van der Waals surface area contributed by atoms with E-state index in [4.69, 9.17) is 4.99 Å². The zero-order valence-electron chi connectivity index (χ0n) is 18.1. The molecule has 0 atom stereocenters. The van der Waals surface area contributed by atoms with Crippen LogP contribution in [0.4, 0.5) is 11.5 Å². The number of pyridine rings is 1. The zero-order valence-corrected chi connectivity index (χ0v) is 18.1. The number of anilines is 1. The topological polar surface area (TPSA) is 63.1 Å². The number of hydrogen-bond acceptors (Lipinski definition) is 4. The van der Waals surface area contributed by atoms with Crippen LogP contribution in [0, 0.1) is 6.92 Å². The molecule has 5 heteroatoms. The molecule has 32 heavy (non-hydrogen) atoms. The second-order valence-electron chi connectivity index (χ2n) is 7.83. The van der Waals surface area contributed by atoms with Crippen LogP contribution >= 0.6 is 0 Å². The minimum absolute atomic E-state index is 0.613. The van der Waals surface area contributed by atoms with Gasteiger partial charge in [0.15, 0.2) is 5.82 Å². The van der Waals surface area contributed by atoms with Crippen LogP contribution in [0.2, 0.25) is 0 Å². The molecular formula is C27H23N5. The number of nitrogens with one attached hydrogen (secondary N) is 1. The highest BCUT2D eigenvalue weighted by Crippen LogP contribution is 2.28. The Morgan fingerprint density at radius 1 is 0.812 bits per heavy atom. The number of aromatic nitrogens is 3. The van der Waals surface area contributed by atoms with Crippen molar-refractivity contribution in [3.05, 3.63) is 102 Å². The molecule has 2 aromatic heterocycles. The van der Waals surface area contributed by atoms with Gasteiger partial charge in [0.05, 0.1) is 5.69 Å². The molecule has 0 spiro atoms. The van der Waals surface area contributed by atoms with Gasteiger partial charge in [-0.1, -0.05) is 54.6 Å². The minimum Gasteiger partial charge on any atom is -0.344 e. The van der Waals surface area contributed by atoms with Crippen LogP contribution in [-0.2, 0) is 6.42 Å². The lowest BCUT2D eigenvalue weighted by Crippen LogP contribution is -2.08. The SMILES string of the molecule is CC(=Nc1nnc(Cc2ccncc2)c2ccccc12)Nc1ccc2ccccc2c1C. The Balaban J connectivity index is 1.48. The van der Waals surface area contributed by atoms with Crippen molar-refractivity contribution in [1.82, 2.24) is 15.2 Å². The quantitative estimate of drug-likeness (QED) is 0.278. The maximum atomic E-state index is 4.77. The second kappa shape index (κ2) is 8.55. The molecule has 0 bridgehead atoms. The van der Waals surface area contributed by atoms with Gasteiger partial charge in [0.2, 0.25) is 0 Å². The van der Waals surface area contributed by atoms with Crippen LogP contribution in [0.5, 0.6) is 0 Å². The lowest BCUT2D eigenvalue weighted by Gasteiger charge is -2.12. The van der Waals surface area contributed by atoms with E-state index in [1.165, 1.54) is 16.3 Å². The summed E-state index contributed by atoms with van der Waals surface area (Å²) in [5.41, 5.74) is 4.32. The molecule has 0 aliphatic carbocycles. The molecule has 0 saturated heterocycles. The normalized spacial score (nSPS) is 11.8. The summed E-state index contributed by atoms with van der Waals surface area (Å²) in [7, 11) is 0. The van der Waals surface area contributed by atoms with E-state index in [-0.39, 0.29) is 0 Å². The van der Waals surface area contributed by atoms with Gasteiger partial charge in [0.1, 0.15) is 5.84 Å². The number of nitrogens with zero attached hydrogens (tertiary/aromatic N) is 4. The van der Waals surface area contributed by atoms with Crippen molar-refractivity contribution >= 4 is 38.9 Å². The average molecular weight is 418 g/mol. The van der Waals surface area contributed by atoms with E-state index in [0.29, 0.717) is 12.2 Å². The average Bonchev–Trinajstić information content (AvgIpc) is 2.83. The number of aliphatic imine (C=N–C) groups is 1. The minimum atomic E-state index is 0.613. The van der Waals surface area contributed by atoms with E-state index in [1.54, 1.807) is 12.4 Å². The van der Waals surface area contributed by atoms with Gasteiger partial charge in [0.25, 0.3) is 0 Å². The molecule has 0 amide bonds. The van der Waals surface area contributed by atoms with Gasteiger partial charge in [-0.3, -0.25) is 4.98 Å². The lowest BCUT2D eigenvalue weighted by atomic mass is 10.0. The molecule has 0 aliphatic rings. The Bertz CT molecular complexity index is 1440.